The predicted octanol–water partition coefficient (Wildman–Crippen LogP) is 7.04. The highest BCUT2D eigenvalue weighted by Crippen LogP contribution is 2.39. The van der Waals surface area contributed by atoms with Crippen LogP contribution in [0.2, 0.25) is 0 Å². The number of halogens is 3. The third-order valence-electron chi connectivity index (χ3n) is 6.51. The molecule has 0 spiro atoms. The van der Waals surface area contributed by atoms with Crippen LogP contribution in [0.4, 0.5) is 18.9 Å². The first-order valence-corrected chi connectivity index (χ1v) is 13.1. The van der Waals surface area contributed by atoms with Crippen molar-refractivity contribution in [3.8, 4) is 28.1 Å². The van der Waals surface area contributed by atoms with Gasteiger partial charge >= 0.3 is 6.18 Å². The third kappa shape index (κ3) is 5.64. The quantitative estimate of drug-likeness (QED) is 0.206. The number of alkyl halides is 3. The average Bonchev–Trinajstić information content (AvgIpc) is 3.45. The Morgan fingerprint density at radius 1 is 1.02 bits per heavy atom. The van der Waals surface area contributed by atoms with Crippen LogP contribution >= 0.6 is 0 Å². The lowest BCUT2D eigenvalue weighted by Gasteiger charge is -2.27. The van der Waals surface area contributed by atoms with Gasteiger partial charge in [0.25, 0.3) is 5.91 Å². The number of nitrogens with zero attached hydrogens (tertiary/aromatic N) is 4. The van der Waals surface area contributed by atoms with E-state index in [-0.39, 0.29) is 17.2 Å². The highest BCUT2D eigenvalue weighted by atomic mass is 19.4. The number of nitrogens with two attached hydrogens (primary N) is 1. The number of benzene rings is 3. The summed E-state index contributed by atoms with van der Waals surface area (Å²) in [6.45, 7) is 5.89. The van der Waals surface area contributed by atoms with Gasteiger partial charge in [-0.2, -0.15) is 13.2 Å². The number of primary amides is 1. The number of para-hydroxylation sites is 1. The van der Waals surface area contributed by atoms with Gasteiger partial charge in [0.1, 0.15) is 5.69 Å². The fourth-order valence-corrected chi connectivity index (χ4v) is 4.71. The van der Waals surface area contributed by atoms with Gasteiger partial charge in [-0.25, -0.2) is 9.97 Å². The topological polar surface area (TPSA) is 86.3 Å². The van der Waals surface area contributed by atoms with Gasteiger partial charge in [0.15, 0.2) is 0 Å². The largest absolute Gasteiger partial charge is 0.433 e. The minimum absolute atomic E-state index is 0.153. The number of anilines is 1. The molecule has 0 saturated carbocycles. The van der Waals surface area contributed by atoms with Crippen LogP contribution in [-0.4, -0.2) is 33.1 Å². The van der Waals surface area contributed by atoms with Crippen molar-refractivity contribution in [2.75, 3.05) is 11.6 Å². The van der Waals surface area contributed by atoms with Gasteiger partial charge < -0.3 is 10.3 Å². The van der Waals surface area contributed by atoms with Crippen molar-refractivity contribution in [3.05, 3.63) is 96.6 Å². The first-order chi connectivity index (χ1) is 19.6. The molecule has 5 rings (SSSR count). The predicted molar refractivity (Wildman–Crippen MR) is 152 cm³/mol. The molecule has 0 bridgehead atoms. The number of hydrogen-bond donors (Lipinski definition) is 1. The molecule has 0 radical (unpaired) electrons. The summed E-state index contributed by atoms with van der Waals surface area (Å²) in [5.41, 5.74) is 8.04. The molecular formula is C31H28F3N5O2. The molecule has 41 heavy (non-hydrogen) atoms. The van der Waals surface area contributed by atoms with Crippen molar-refractivity contribution in [3.63, 3.8) is 0 Å². The first kappa shape index (κ1) is 27.9. The number of amides is 1. The van der Waals surface area contributed by atoms with E-state index in [0.29, 0.717) is 40.1 Å². The Hall–Kier alpha value is -4.70. The molecule has 0 aliphatic heterocycles. The molecule has 0 aliphatic carbocycles. The number of imidazole rings is 1. The van der Waals surface area contributed by atoms with Gasteiger partial charge in [-0.3, -0.25) is 14.7 Å². The maximum Gasteiger partial charge on any atom is 0.433 e. The average molecular weight is 560 g/mol. The molecule has 1 amide bonds. The molecule has 5 aromatic rings. The van der Waals surface area contributed by atoms with E-state index >= 15 is 0 Å². The Labute approximate surface area is 235 Å². The number of pyridine rings is 1. The summed E-state index contributed by atoms with van der Waals surface area (Å²) in [6.07, 6.45) is -1.60. The number of aromatic nitrogens is 3. The summed E-state index contributed by atoms with van der Waals surface area (Å²) < 4.78 is 44.2. The monoisotopic (exact) mass is 559 g/mol. The second kappa shape index (κ2) is 11.1. The number of hydroxylamine groups is 1. The van der Waals surface area contributed by atoms with Crippen molar-refractivity contribution < 1.29 is 22.8 Å². The molecule has 10 heteroatoms. The normalized spacial score (nSPS) is 11.8. The van der Waals surface area contributed by atoms with E-state index in [2.05, 4.69) is 9.97 Å². The van der Waals surface area contributed by atoms with Crippen LogP contribution in [0.5, 0.6) is 0 Å². The van der Waals surface area contributed by atoms with Gasteiger partial charge in [-0.05, 0) is 56.2 Å². The van der Waals surface area contributed by atoms with Crippen LogP contribution in [0.15, 0.2) is 85.3 Å². The summed E-state index contributed by atoms with van der Waals surface area (Å²) in [4.78, 5) is 26.7. The van der Waals surface area contributed by atoms with E-state index in [0.717, 1.165) is 11.6 Å². The molecular weight excluding hydrogens is 531 g/mol. The van der Waals surface area contributed by atoms with E-state index in [9.17, 15) is 18.0 Å². The second-order valence-electron chi connectivity index (χ2n) is 9.70. The highest BCUT2D eigenvalue weighted by molar-refractivity contribution is 6.02. The molecule has 0 aliphatic rings. The standard InChI is InChI=1S/C31H28F3N5O2/c1-4-39(41-19(2)3)27-15-21(13-14-23(27)30(35)40)24-16-28(31(32,33)34)37-29-22(24)11-8-12-26(29)38-17-25(36-18-38)20-9-6-5-7-10-20/h5-19H,4H2,1-3H3,(H2,35,40). The Bertz CT molecular complexity index is 1710. The molecule has 2 heterocycles. The lowest BCUT2D eigenvalue weighted by Crippen LogP contribution is -2.29. The number of carbonyl (C=O) groups excluding carboxylic acids is 1. The van der Waals surface area contributed by atoms with Crippen LogP contribution in [0.1, 0.15) is 36.8 Å². The Morgan fingerprint density at radius 3 is 2.44 bits per heavy atom. The molecule has 2 N–H and O–H groups in total. The van der Waals surface area contributed by atoms with Crippen molar-refractivity contribution >= 4 is 22.5 Å². The lowest BCUT2D eigenvalue weighted by molar-refractivity contribution is -0.140. The molecule has 3 aromatic carbocycles. The third-order valence-corrected chi connectivity index (χ3v) is 6.51. The van der Waals surface area contributed by atoms with E-state index in [1.54, 1.807) is 47.4 Å². The summed E-state index contributed by atoms with van der Waals surface area (Å²) in [5, 5.41) is 2.01. The molecule has 7 nitrogen and oxygen atoms in total. The van der Waals surface area contributed by atoms with Crippen LogP contribution < -0.4 is 10.8 Å². The molecule has 210 valence electrons. The second-order valence-corrected chi connectivity index (χ2v) is 9.70. The maximum absolute atomic E-state index is 14.2. The minimum Gasteiger partial charge on any atom is -0.366 e. The van der Waals surface area contributed by atoms with E-state index in [4.69, 9.17) is 10.6 Å². The number of hydrogen-bond acceptors (Lipinski definition) is 5. The molecule has 0 atom stereocenters. The highest BCUT2D eigenvalue weighted by Gasteiger charge is 2.34. The first-order valence-electron chi connectivity index (χ1n) is 13.1. The number of fused-ring (bicyclic) bond motifs is 1. The van der Waals surface area contributed by atoms with Gasteiger partial charge in [0.2, 0.25) is 0 Å². The SMILES string of the molecule is CCN(OC(C)C)c1cc(-c2cc(C(F)(F)F)nc3c(-n4cnc(-c5ccccc5)c4)cccc23)ccc1C(N)=O. The zero-order valence-corrected chi connectivity index (χ0v) is 22.7. The Kier molecular flexibility index (Phi) is 7.51. The van der Waals surface area contributed by atoms with E-state index < -0.39 is 17.8 Å². The Balaban J connectivity index is 1.73. The smallest absolute Gasteiger partial charge is 0.366 e. The number of carbonyl (C=O) groups is 1. The Morgan fingerprint density at radius 2 is 1.78 bits per heavy atom. The van der Waals surface area contributed by atoms with Crippen LogP contribution in [0.25, 0.3) is 39.0 Å². The zero-order chi connectivity index (χ0) is 29.3. The van der Waals surface area contributed by atoms with Gasteiger partial charge in [-0.1, -0.05) is 48.5 Å². The fourth-order valence-electron chi connectivity index (χ4n) is 4.71. The summed E-state index contributed by atoms with van der Waals surface area (Å²) in [6, 6.07) is 20.4. The van der Waals surface area contributed by atoms with Crippen molar-refractivity contribution in [1.29, 1.82) is 0 Å². The van der Waals surface area contributed by atoms with Crippen molar-refractivity contribution in [2.45, 2.75) is 33.1 Å². The van der Waals surface area contributed by atoms with Crippen LogP contribution in [0, 0.1) is 0 Å². The van der Waals surface area contributed by atoms with E-state index in [1.807, 2.05) is 51.1 Å². The van der Waals surface area contributed by atoms with Crippen LogP contribution in [-0.2, 0) is 11.0 Å². The molecule has 0 saturated heterocycles. The van der Waals surface area contributed by atoms with Crippen LogP contribution in [0.3, 0.4) is 0 Å². The summed E-state index contributed by atoms with van der Waals surface area (Å²) >= 11 is 0. The van der Waals surface area contributed by atoms with Gasteiger partial charge in [-0.15, -0.1) is 0 Å². The van der Waals surface area contributed by atoms with Gasteiger partial charge in [0, 0.05) is 23.7 Å². The molecule has 0 unspecified atom stereocenters. The fraction of sp³-hybridized carbons (Fsp3) is 0.194. The number of rotatable bonds is 8. The molecule has 0 fully saturated rings. The maximum atomic E-state index is 14.2. The zero-order valence-electron chi connectivity index (χ0n) is 22.7. The lowest BCUT2D eigenvalue weighted by atomic mass is 9.97. The minimum atomic E-state index is -4.70. The van der Waals surface area contributed by atoms with E-state index in [1.165, 1.54) is 11.1 Å². The van der Waals surface area contributed by atoms with Gasteiger partial charge in [0.05, 0.1) is 40.6 Å². The summed E-state index contributed by atoms with van der Waals surface area (Å²) in [7, 11) is 0. The van der Waals surface area contributed by atoms with Crippen molar-refractivity contribution in [2.24, 2.45) is 5.73 Å². The molecule has 2 aromatic heterocycles. The van der Waals surface area contributed by atoms with Crippen molar-refractivity contribution in [1.82, 2.24) is 14.5 Å². The summed E-state index contributed by atoms with van der Waals surface area (Å²) in [5.74, 6) is -0.676.